The highest BCUT2D eigenvalue weighted by molar-refractivity contribution is 5.82. The van der Waals surface area contributed by atoms with Gasteiger partial charge >= 0.3 is 5.97 Å². The van der Waals surface area contributed by atoms with Gasteiger partial charge < -0.3 is 14.5 Å². The van der Waals surface area contributed by atoms with Gasteiger partial charge in [-0.3, -0.25) is 0 Å². The molecule has 35 heavy (non-hydrogen) atoms. The van der Waals surface area contributed by atoms with E-state index in [9.17, 15) is 4.79 Å². The Bertz CT molecular complexity index is 1170. The molecule has 0 bridgehead atoms. The largest absolute Gasteiger partial charge is 0.466 e. The number of methoxy groups -OCH3 is 1. The molecule has 4 heteroatoms. The van der Waals surface area contributed by atoms with Crippen molar-refractivity contribution in [3.8, 4) is 0 Å². The van der Waals surface area contributed by atoms with Crippen LogP contribution in [0.5, 0.6) is 0 Å². The summed E-state index contributed by atoms with van der Waals surface area (Å²) in [4.78, 5) is 17.0. The molecule has 0 unspecified atom stereocenters. The van der Waals surface area contributed by atoms with Crippen LogP contribution in [-0.4, -0.2) is 19.2 Å². The van der Waals surface area contributed by atoms with Crippen molar-refractivity contribution in [2.75, 3.05) is 16.9 Å². The molecule has 0 saturated carbocycles. The molecule has 1 aliphatic rings. The number of hydrogen-bond donors (Lipinski definition) is 0. The van der Waals surface area contributed by atoms with E-state index in [4.69, 9.17) is 4.74 Å². The molecule has 0 aliphatic carbocycles. The first-order valence-corrected chi connectivity index (χ1v) is 11.8. The number of carbonyl (C=O) groups is 1. The molecule has 1 heterocycles. The number of para-hydroxylation sites is 2. The highest BCUT2D eigenvalue weighted by atomic mass is 16.5. The van der Waals surface area contributed by atoms with Gasteiger partial charge in [-0.1, -0.05) is 97.1 Å². The van der Waals surface area contributed by atoms with Gasteiger partial charge in [-0.2, -0.15) is 0 Å². The van der Waals surface area contributed by atoms with Gasteiger partial charge in [-0.15, -0.1) is 0 Å². The quantitative estimate of drug-likeness (QED) is 0.241. The van der Waals surface area contributed by atoms with E-state index < -0.39 is 0 Å². The second-order valence-corrected chi connectivity index (χ2v) is 8.49. The van der Waals surface area contributed by atoms with Gasteiger partial charge in [0.05, 0.1) is 19.2 Å². The topological polar surface area (TPSA) is 32.8 Å². The van der Waals surface area contributed by atoms with E-state index in [0.717, 1.165) is 11.4 Å². The Morgan fingerprint density at radius 1 is 0.629 bits per heavy atom. The summed E-state index contributed by atoms with van der Waals surface area (Å²) in [7, 11) is 1.41. The highest BCUT2D eigenvalue weighted by Crippen LogP contribution is 2.51. The van der Waals surface area contributed by atoms with Crippen molar-refractivity contribution in [2.45, 2.75) is 18.2 Å². The third-order valence-electron chi connectivity index (χ3n) is 6.46. The van der Waals surface area contributed by atoms with Crippen LogP contribution in [-0.2, 0) is 9.53 Å². The summed E-state index contributed by atoms with van der Waals surface area (Å²) in [5, 5.41) is 0. The molecule has 0 amide bonds. The second kappa shape index (κ2) is 10.3. The number of nitrogens with zero attached hydrogens (tertiary/aromatic N) is 2. The molecule has 4 nitrogen and oxygen atoms in total. The Balaban J connectivity index is 1.78. The number of ether oxygens (including phenoxy) is 1. The summed E-state index contributed by atoms with van der Waals surface area (Å²) in [5.41, 5.74) is 4.58. The zero-order chi connectivity index (χ0) is 24.0. The molecule has 1 fully saturated rings. The Kier molecular flexibility index (Phi) is 6.62. The van der Waals surface area contributed by atoms with E-state index in [1.165, 1.54) is 24.3 Å². The molecule has 2 atom stereocenters. The fourth-order valence-corrected chi connectivity index (χ4v) is 5.00. The van der Waals surface area contributed by atoms with Crippen molar-refractivity contribution in [3.05, 3.63) is 145 Å². The smallest absolute Gasteiger partial charge is 0.330 e. The Labute approximate surface area is 206 Å². The number of hydrogen-bond acceptors (Lipinski definition) is 4. The van der Waals surface area contributed by atoms with Gasteiger partial charge in [-0.25, -0.2) is 4.79 Å². The predicted octanol–water partition coefficient (Wildman–Crippen LogP) is 6.55. The minimum absolute atomic E-state index is 0.00602. The van der Waals surface area contributed by atoms with Crippen molar-refractivity contribution in [1.82, 2.24) is 0 Å². The molecule has 174 valence electrons. The zero-order valence-corrected chi connectivity index (χ0v) is 19.6. The second-order valence-electron chi connectivity index (χ2n) is 8.49. The third-order valence-corrected chi connectivity index (χ3v) is 6.46. The minimum atomic E-state index is -0.370. The van der Waals surface area contributed by atoms with Gasteiger partial charge in [-0.05, 0) is 41.5 Å². The Morgan fingerprint density at radius 2 is 1.00 bits per heavy atom. The average molecular weight is 461 g/mol. The van der Waals surface area contributed by atoms with Crippen molar-refractivity contribution in [1.29, 1.82) is 0 Å². The Morgan fingerprint density at radius 3 is 1.37 bits per heavy atom. The van der Waals surface area contributed by atoms with Crippen molar-refractivity contribution < 1.29 is 9.53 Å². The molecule has 0 aromatic heterocycles. The van der Waals surface area contributed by atoms with Crippen molar-refractivity contribution in [3.63, 3.8) is 0 Å². The van der Waals surface area contributed by atoms with Crippen LogP contribution in [0.1, 0.15) is 23.2 Å². The average Bonchev–Trinajstić information content (AvgIpc) is 3.28. The maximum absolute atomic E-state index is 12.2. The number of anilines is 2. The minimum Gasteiger partial charge on any atom is -0.466 e. The fraction of sp³-hybridized carbons (Fsp3) is 0.129. The number of rotatable bonds is 6. The summed E-state index contributed by atoms with van der Waals surface area (Å²) in [6, 6.07) is 42.0. The van der Waals surface area contributed by atoms with Crippen LogP contribution in [0.15, 0.2) is 133 Å². The number of carbonyl (C=O) groups excluding carboxylic acids is 1. The molecule has 4 aromatic rings. The summed E-state index contributed by atoms with van der Waals surface area (Å²) in [6.45, 7) is 0. The van der Waals surface area contributed by atoms with E-state index in [2.05, 4.69) is 107 Å². The van der Waals surface area contributed by atoms with Gasteiger partial charge in [0.25, 0.3) is 0 Å². The van der Waals surface area contributed by atoms with E-state index in [1.807, 2.05) is 30.3 Å². The maximum atomic E-state index is 12.2. The lowest BCUT2D eigenvalue weighted by molar-refractivity contribution is -0.134. The predicted molar refractivity (Wildman–Crippen MR) is 141 cm³/mol. The monoisotopic (exact) mass is 460 g/mol. The van der Waals surface area contributed by atoms with Gasteiger partial charge in [0.2, 0.25) is 0 Å². The van der Waals surface area contributed by atoms with E-state index in [-0.39, 0.29) is 24.2 Å². The van der Waals surface area contributed by atoms with Crippen LogP contribution in [0.2, 0.25) is 0 Å². The highest BCUT2D eigenvalue weighted by Gasteiger charge is 2.47. The van der Waals surface area contributed by atoms with Gasteiger partial charge in [0.15, 0.2) is 0 Å². The molecule has 0 radical (unpaired) electrons. The van der Waals surface area contributed by atoms with E-state index >= 15 is 0 Å². The van der Waals surface area contributed by atoms with Crippen molar-refractivity contribution in [2.24, 2.45) is 0 Å². The van der Waals surface area contributed by atoms with Gasteiger partial charge in [0.1, 0.15) is 6.17 Å². The van der Waals surface area contributed by atoms with Crippen LogP contribution < -0.4 is 9.80 Å². The first-order chi connectivity index (χ1) is 17.3. The molecule has 0 spiro atoms. The summed E-state index contributed by atoms with van der Waals surface area (Å²) in [6.07, 6.45) is 3.26. The summed E-state index contributed by atoms with van der Waals surface area (Å²) < 4.78 is 4.95. The van der Waals surface area contributed by atoms with Crippen LogP contribution in [0.4, 0.5) is 11.4 Å². The third kappa shape index (κ3) is 4.56. The van der Waals surface area contributed by atoms with Crippen LogP contribution in [0.25, 0.3) is 0 Å². The van der Waals surface area contributed by atoms with E-state index in [1.54, 1.807) is 0 Å². The normalized spacial score (nSPS) is 18.2. The van der Waals surface area contributed by atoms with Crippen molar-refractivity contribution >= 4 is 17.3 Å². The molecule has 0 N–H and O–H groups in total. The maximum Gasteiger partial charge on any atom is 0.330 e. The first-order valence-electron chi connectivity index (χ1n) is 11.8. The lowest BCUT2D eigenvalue weighted by Crippen LogP contribution is -2.38. The molecular weight excluding hydrogens is 432 g/mol. The molecular formula is C31H28N2O2. The lowest BCUT2D eigenvalue weighted by Gasteiger charge is -2.32. The van der Waals surface area contributed by atoms with E-state index in [0.29, 0.717) is 0 Å². The molecule has 1 aliphatic heterocycles. The first kappa shape index (κ1) is 22.5. The van der Waals surface area contributed by atoms with Crippen LogP contribution >= 0.6 is 0 Å². The molecule has 1 saturated heterocycles. The molecule has 4 aromatic carbocycles. The molecule has 5 rings (SSSR count). The summed E-state index contributed by atoms with van der Waals surface area (Å²) >= 11 is 0. The lowest BCUT2D eigenvalue weighted by atomic mass is 9.92. The van der Waals surface area contributed by atoms with Crippen LogP contribution in [0, 0.1) is 0 Å². The van der Waals surface area contributed by atoms with Crippen LogP contribution in [0.3, 0.4) is 0 Å². The SMILES string of the molecule is COC(=O)/C=C/C1N(c2ccccc2)[C@H](c2ccccc2)[C@@H](c2ccccc2)N1c1ccccc1. The Hall–Kier alpha value is -4.31. The zero-order valence-electron chi connectivity index (χ0n) is 19.6. The number of benzene rings is 4. The standard InChI is InChI=1S/C31H28N2O2/c1-35-29(34)23-22-28-32(26-18-10-4-11-19-26)30(24-14-6-2-7-15-24)31(25-16-8-3-9-17-25)33(28)27-20-12-5-13-21-27/h2-23,28,30-31H,1H3/b23-22+/t30-,31-/m1/s1. The summed E-state index contributed by atoms with van der Waals surface area (Å²) in [5.74, 6) is -0.370. The fourth-order valence-electron chi connectivity index (χ4n) is 5.00. The van der Waals surface area contributed by atoms with Gasteiger partial charge in [0, 0.05) is 17.5 Å². The number of esters is 1.